The van der Waals surface area contributed by atoms with Gasteiger partial charge in [0.25, 0.3) is 5.91 Å². The molecule has 0 spiro atoms. The fourth-order valence-corrected chi connectivity index (χ4v) is 2.73. The van der Waals surface area contributed by atoms with Crippen LogP contribution in [0.4, 0.5) is 0 Å². The number of carbonyl (C=O) groups excluding carboxylic acids is 1. The Hall–Kier alpha value is -2.43. The van der Waals surface area contributed by atoms with Crippen LogP contribution in [0, 0.1) is 0 Å². The number of aliphatic carboxylic acids is 1. The molecule has 2 aromatic rings. The van der Waals surface area contributed by atoms with Gasteiger partial charge in [-0.15, -0.1) is 0 Å². The van der Waals surface area contributed by atoms with Gasteiger partial charge >= 0.3 is 5.97 Å². The summed E-state index contributed by atoms with van der Waals surface area (Å²) in [7, 11) is 0. The summed E-state index contributed by atoms with van der Waals surface area (Å²) in [5.74, 6) is -1.15. The minimum Gasteiger partial charge on any atom is -0.480 e. The van der Waals surface area contributed by atoms with Crippen molar-refractivity contribution < 1.29 is 14.7 Å². The van der Waals surface area contributed by atoms with Crippen LogP contribution in [0.5, 0.6) is 0 Å². The van der Waals surface area contributed by atoms with Gasteiger partial charge in [0.15, 0.2) is 0 Å². The monoisotopic (exact) mass is 270 g/mol. The van der Waals surface area contributed by atoms with Crippen LogP contribution in [0.1, 0.15) is 23.2 Å². The Morgan fingerprint density at radius 2 is 2.15 bits per heavy atom. The third kappa shape index (κ3) is 2.01. The van der Waals surface area contributed by atoms with Crippen LogP contribution in [-0.2, 0) is 4.79 Å². The molecule has 1 N–H and O–H groups in total. The van der Waals surface area contributed by atoms with Gasteiger partial charge in [-0.3, -0.25) is 9.78 Å². The second-order valence-corrected chi connectivity index (χ2v) is 4.90. The predicted molar refractivity (Wildman–Crippen MR) is 73.4 cm³/mol. The molecule has 0 saturated carbocycles. The van der Waals surface area contributed by atoms with Crippen LogP contribution in [0.3, 0.4) is 0 Å². The van der Waals surface area contributed by atoms with Gasteiger partial charge in [0.05, 0.1) is 0 Å². The van der Waals surface area contributed by atoms with Gasteiger partial charge in [-0.1, -0.05) is 12.1 Å². The molecule has 0 radical (unpaired) electrons. The van der Waals surface area contributed by atoms with Gasteiger partial charge in [-0.25, -0.2) is 4.79 Å². The number of amides is 1. The average molecular weight is 270 g/mol. The lowest BCUT2D eigenvalue weighted by Gasteiger charge is -2.22. The molecule has 2 heterocycles. The smallest absolute Gasteiger partial charge is 0.326 e. The molecule has 1 amide bonds. The summed E-state index contributed by atoms with van der Waals surface area (Å²) in [6, 6.07) is 6.50. The number of hydrogen-bond acceptors (Lipinski definition) is 3. The molecule has 0 aliphatic carbocycles. The summed E-state index contributed by atoms with van der Waals surface area (Å²) >= 11 is 0. The zero-order valence-corrected chi connectivity index (χ0v) is 10.8. The molecule has 20 heavy (non-hydrogen) atoms. The molecular formula is C15H14N2O3. The third-order valence-corrected chi connectivity index (χ3v) is 3.71. The number of benzene rings is 1. The highest BCUT2D eigenvalue weighted by molar-refractivity contribution is 6.07. The van der Waals surface area contributed by atoms with Crippen molar-refractivity contribution in [3.8, 4) is 0 Å². The van der Waals surface area contributed by atoms with E-state index in [4.69, 9.17) is 0 Å². The number of hydrogen-bond donors (Lipinski definition) is 1. The number of likely N-dealkylation sites (tertiary alicyclic amines) is 1. The Morgan fingerprint density at radius 1 is 1.30 bits per heavy atom. The maximum atomic E-state index is 12.6. The molecule has 1 aliphatic rings. The number of rotatable bonds is 2. The zero-order chi connectivity index (χ0) is 14.1. The van der Waals surface area contributed by atoms with Gasteiger partial charge in [-0.05, 0) is 30.4 Å². The van der Waals surface area contributed by atoms with E-state index in [0.29, 0.717) is 18.5 Å². The molecular weight excluding hydrogens is 256 g/mol. The van der Waals surface area contributed by atoms with Gasteiger partial charge in [0, 0.05) is 29.9 Å². The molecule has 5 heteroatoms. The SMILES string of the molecule is O=C(O)[C@@H]1CCCN1C(=O)c1cccc2cnccc12. The van der Waals surface area contributed by atoms with E-state index in [1.54, 1.807) is 30.6 Å². The number of fused-ring (bicyclic) bond motifs is 1. The van der Waals surface area contributed by atoms with Crippen LogP contribution >= 0.6 is 0 Å². The van der Waals surface area contributed by atoms with Crippen molar-refractivity contribution in [3.63, 3.8) is 0 Å². The highest BCUT2D eigenvalue weighted by atomic mass is 16.4. The molecule has 5 nitrogen and oxygen atoms in total. The van der Waals surface area contributed by atoms with E-state index in [1.165, 1.54) is 4.90 Å². The number of nitrogens with zero attached hydrogens (tertiary/aromatic N) is 2. The Balaban J connectivity index is 2.03. The Morgan fingerprint density at radius 3 is 2.95 bits per heavy atom. The van der Waals surface area contributed by atoms with E-state index >= 15 is 0 Å². The number of carboxylic acids is 1. The van der Waals surface area contributed by atoms with Crippen LogP contribution in [0.25, 0.3) is 10.8 Å². The minimum atomic E-state index is -0.933. The normalized spacial score (nSPS) is 18.4. The topological polar surface area (TPSA) is 70.5 Å². The molecule has 1 atom stereocenters. The van der Waals surface area contributed by atoms with E-state index in [2.05, 4.69) is 4.98 Å². The molecule has 1 saturated heterocycles. The summed E-state index contributed by atoms with van der Waals surface area (Å²) in [6.07, 6.45) is 4.59. The highest BCUT2D eigenvalue weighted by Gasteiger charge is 2.34. The first-order valence-electron chi connectivity index (χ1n) is 6.55. The summed E-state index contributed by atoms with van der Waals surface area (Å²) < 4.78 is 0. The number of carboxylic acid groups (broad SMARTS) is 1. The van der Waals surface area contributed by atoms with E-state index in [1.807, 2.05) is 6.07 Å². The Bertz CT molecular complexity index is 678. The Kier molecular flexibility index (Phi) is 3.10. The summed E-state index contributed by atoms with van der Waals surface area (Å²) in [5.41, 5.74) is 0.540. The molecule has 1 aromatic heterocycles. The lowest BCUT2D eigenvalue weighted by molar-refractivity contribution is -0.141. The first kappa shape index (κ1) is 12.6. The summed E-state index contributed by atoms with van der Waals surface area (Å²) in [6.45, 7) is 0.497. The first-order chi connectivity index (χ1) is 9.68. The fraction of sp³-hybridized carbons (Fsp3) is 0.267. The molecule has 3 rings (SSSR count). The molecule has 1 aliphatic heterocycles. The van der Waals surface area contributed by atoms with Gasteiger partial charge in [0.2, 0.25) is 0 Å². The lowest BCUT2D eigenvalue weighted by atomic mass is 10.1. The number of aromatic nitrogens is 1. The van der Waals surface area contributed by atoms with Crippen molar-refractivity contribution in [2.75, 3.05) is 6.54 Å². The van der Waals surface area contributed by atoms with Crippen molar-refractivity contribution in [2.24, 2.45) is 0 Å². The number of carbonyl (C=O) groups is 2. The fourth-order valence-electron chi connectivity index (χ4n) is 2.73. The van der Waals surface area contributed by atoms with Crippen molar-refractivity contribution in [3.05, 3.63) is 42.2 Å². The molecule has 1 aromatic carbocycles. The van der Waals surface area contributed by atoms with Gasteiger partial charge in [-0.2, -0.15) is 0 Å². The van der Waals surface area contributed by atoms with Crippen molar-refractivity contribution in [2.45, 2.75) is 18.9 Å². The van der Waals surface area contributed by atoms with Crippen molar-refractivity contribution in [1.82, 2.24) is 9.88 Å². The number of pyridine rings is 1. The van der Waals surface area contributed by atoms with Gasteiger partial charge < -0.3 is 10.0 Å². The third-order valence-electron chi connectivity index (χ3n) is 3.71. The largest absolute Gasteiger partial charge is 0.480 e. The second-order valence-electron chi connectivity index (χ2n) is 4.90. The van der Waals surface area contributed by atoms with Crippen LogP contribution in [0.2, 0.25) is 0 Å². The first-order valence-corrected chi connectivity index (χ1v) is 6.55. The predicted octanol–water partition coefficient (Wildman–Crippen LogP) is 1.92. The maximum absolute atomic E-state index is 12.6. The molecule has 102 valence electrons. The standard InChI is InChI=1S/C15H14N2O3/c18-14(17-8-2-5-13(17)15(19)20)12-4-1-3-10-9-16-7-6-11(10)12/h1,3-4,6-7,9,13H,2,5,8H2,(H,19,20)/t13-/m0/s1. The van der Waals surface area contributed by atoms with E-state index in [9.17, 15) is 14.7 Å². The van der Waals surface area contributed by atoms with E-state index in [-0.39, 0.29) is 5.91 Å². The Labute approximate surface area is 115 Å². The summed E-state index contributed by atoms with van der Waals surface area (Å²) in [5, 5.41) is 10.9. The lowest BCUT2D eigenvalue weighted by Crippen LogP contribution is -2.40. The van der Waals surface area contributed by atoms with Crippen LogP contribution in [0.15, 0.2) is 36.7 Å². The van der Waals surface area contributed by atoms with Gasteiger partial charge in [0.1, 0.15) is 6.04 Å². The highest BCUT2D eigenvalue weighted by Crippen LogP contribution is 2.24. The molecule has 1 fully saturated rings. The van der Waals surface area contributed by atoms with Crippen molar-refractivity contribution >= 4 is 22.6 Å². The molecule has 0 unspecified atom stereocenters. The zero-order valence-electron chi connectivity index (χ0n) is 10.8. The minimum absolute atomic E-state index is 0.216. The quantitative estimate of drug-likeness (QED) is 0.905. The summed E-state index contributed by atoms with van der Waals surface area (Å²) in [4.78, 5) is 29.3. The van der Waals surface area contributed by atoms with Crippen molar-refractivity contribution in [1.29, 1.82) is 0 Å². The van der Waals surface area contributed by atoms with Crippen LogP contribution in [-0.4, -0.2) is 39.5 Å². The average Bonchev–Trinajstić information content (AvgIpc) is 2.95. The van der Waals surface area contributed by atoms with E-state index in [0.717, 1.165) is 17.2 Å². The van der Waals surface area contributed by atoms with Crippen LogP contribution < -0.4 is 0 Å². The second kappa shape index (κ2) is 4.92. The maximum Gasteiger partial charge on any atom is 0.326 e. The molecule has 0 bridgehead atoms. The van der Waals surface area contributed by atoms with E-state index < -0.39 is 12.0 Å².